The lowest BCUT2D eigenvalue weighted by atomic mass is 10.1. The molecule has 1 atom stereocenters. The maximum Gasteiger partial charge on any atom is 0.251 e. The number of benzene rings is 2. The number of hydrogen-bond acceptors (Lipinski definition) is 4. The van der Waals surface area contributed by atoms with E-state index in [1.165, 1.54) is 12.8 Å². The molecule has 2 amide bonds. The predicted octanol–water partition coefficient (Wildman–Crippen LogP) is 3.00. The Kier molecular flexibility index (Phi) is 7.46. The fraction of sp³-hybridized carbons (Fsp3) is 0.417. The number of amides is 2. The van der Waals surface area contributed by atoms with Gasteiger partial charge in [-0.2, -0.15) is 0 Å². The second kappa shape index (κ2) is 10.3. The molecule has 2 N–H and O–H groups in total. The fourth-order valence-corrected chi connectivity index (χ4v) is 3.76. The van der Waals surface area contributed by atoms with E-state index in [2.05, 4.69) is 27.7 Å². The average Bonchev–Trinajstić information content (AvgIpc) is 3.29. The minimum atomic E-state index is -0.237. The van der Waals surface area contributed by atoms with Crippen LogP contribution in [0.15, 0.2) is 42.5 Å². The molecule has 160 valence electrons. The Morgan fingerprint density at radius 3 is 2.33 bits per heavy atom. The molecule has 1 fully saturated rings. The Balaban J connectivity index is 1.55. The van der Waals surface area contributed by atoms with E-state index in [1.807, 2.05) is 38.1 Å². The molecule has 0 bridgehead atoms. The van der Waals surface area contributed by atoms with Crippen LogP contribution in [-0.4, -0.2) is 50.0 Å². The lowest BCUT2D eigenvalue weighted by molar-refractivity contribution is -0.120. The number of ether oxygens (including phenoxy) is 1. The maximum atomic E-state index is 12.4. The van der Waals surface area contributed by atoms with E-state index in [1.54, 1.807) is 13.2 Å². The van der Waals surface area contributed by atoms with Crippen molar-refractivity contribution in [3.8, 4) is 5.75 Å². The van der Waals surface area contributed by atoms with Crippen molar-refractivity contribution in [2.45, 2.75) is 32.7 Å². The van der Waals surface area contributed by atoms with Crippen molar-refractivity contribution < 1.29 is 14.3 Å². The molecule has 0 radical (unpaired) electrons. The Morgan fingerprint density at radius 2 is 1.70 bits per heavy atom. The first-order chi connectivity index (χ1) is 14.5. The van der Waals surface area contributed by atoms with Crippen molar-refractivity contribution >= 4 is 11.8 Å². The summed E-state index contributed by atoms with van der Waals surface area (Å²) in [6, 6.07) is 13.6. The summed E-state index contributed by atoms with van der Waals surface area (Å²) in [5.74, 6) is 0.390. The Labute approximate surface area is 178 Å². The normalized spacial score (nSPS) is 14.9. The van der Waals surface area contributed by atoms with Gasteiger partial charge in [-0.3, -0.25) is 14.5 Å². The highest BCUT2D eigenvalue weighted by Crippen LogP contribution is 2.26. The summed E-state index contributed by atoms with van der Waals surface area (Å²) in [6.07, 6.45) is 2.35. The van der Waals surface area contributed by atoms with Gasteiger partial charge in [-0.15, -0.1) is 0 Å². The van der Waals surface area contributed by atoms with Crippen LogP contribution in [-0.2, 0) is 4.79 Å². The highest BCUT2D eigenvalue weighted by atomic mass is 16.5. The van der Waals surface area contributed by atoms with Crippen LogP contribution in [0.1, 0.15) is 45.9 Å². The summed E-state index contributed by atoms with van der Waals surface area (Å²) >= 11 is 0. The highest BCUT2D eigenvalue weighted by molar-refractivity contribution is 5.96. The van der Waals surface area contributed by atoms with Crippen molar-refractivity contribution in [3.63, 3.8) is 0 Å². The second-order valence-corrected chi connectivity index (χ2v) is 7.82. The molecule has 2 aromatic carbocycles. The summed E-state index contributed by atoms with van der Waals surface area (Å²) in [7, 11) is 1.65. The van der Waals surface area contributed by atoms with Gasteiger partial charge >= 0.3 is 0 Å². The van der Waals surface area contributed by atoms with Crippen molar-refractivity contribution in [1.82, 2.24) is 15.5 Å². The average molecular weight is 410 g/mol. The number of nitrogens with zero attached hydrogens (tertiary/aromatic N) is 1. The molecule has 0 saturated carbocycles. The van der Waals surface area contributed by atoms with Gasteiger partial charge in [-0.05, 0) is 80.7 Å². The molecule has 6 heteroatoms. The van der Waals surface area contributed by atoms with E-state index < -0.39 is 0 Å². The summed E-state index contributed by atoms with van der Waals surface area (Å²) in [5.41, 5.74) is 3.91. The molecule has 30 heavy (non-hydrogen) atoms. The van der Waals surface area contributed by atoms with Crippen molar-refractivity contribution in [1.29, 1.82) is 0 Å². The molecule has 1 heterocycles. The standard InChI is InChI=1S/C24H31N3O3/c1-17-6-7-20(14-18(17)2)24(29)26-16-23(28)25-15-22(27-12-4-5-13-27)19-8-10-21(30-3)11-9-19/h6-11,14,22H,4-5,12-13,15-16H2,1-3H3,(H,25,28)(H,26,29). The van der Waals surface area contributed by atoms with Crippen molar-refractivity contribution in [2.75, 3.05) is 33.3 Å². The van der Waals surface area contributed by atoms with Crippen LogP contribution in [0.3, 0.4) is 0 Å². The lowest BCUT2D eigenvalue weighted by Gasteiger charge is -2.28. The Morgan fingerprint density at radius 1 is 1.00 bits per heavy atom. The molecular formula is C24H31N3O3. The molecular weight excluding hydrogens is 378 g/mol. The highest BCUT2D eigenvalue weighted by Gasteiger charge is 2.24. The third-order valence-electron chi connectivity index (χ3n) is 5.75. The number of aryl methyl sites for hydroxylation is 2. The molecule has 0 spiro atoms. The fourth-order valence-electron chi connectivity index (χ4n) is 3.76. The zero-order chi connectivity index (χ0) is 21.5. The SMILES string of the molecule is COc1ccc(C(CNC(=O)CNC(=O)c2ccc(C)c(C)c2)N2CCCC2)cc1. The van der Waals surface area contributed by atoms with Crippen LogP contribution in [0.5, 0.6) is 5.75 Å². The number of rotatable bonds is 8. The number of hydrogen-bond donors (Lipinski definition) is 2. The minimum absolute atomic E-state index is 0.0406. The summed E-state index contributed by atoms with van der Waals surface area (Å²) in [5, 5.41) is 5.70. The number of nitrogens with one attached hydrogen (secondary N) is 2. The van der Waals surface area contributed by atoms with Crippen LogP contribution in [0.25, 0.3) is 0 Å². The van der Waals surface area contributed by atoms with E-state index in [4.69, 9.17) is 4.74 Å². The smallest absolute Gasteiger partial charge is 0.251 e. The van der Waals surface area contributed by atoms with Crippen LogP contribution in [0, 0.1) is 13.8 Å². The van der Waals surface area contributed by atoms with Gasteiger partial charge in [0.1, 0.15) is 5.75 Å². The summed E-state index contributed by atoms with van der Waals surface area (Å²) < 4.78 is 5.25. The topological polar surface area (TPSA) is 70.7 Å². The number of methoxy groups -OCH3 is 1. The van der Waals surface area contributed by atoms with Crippen LogP contribution >= 0.6 is 0 Å². The zero-order valence-electron chi connectivity index (χ0n) is 18.0. The maximum absolute atomic E-state index is 12.4. The molecule has 6 nitrogen and oxygen atoms in total. The molecule has 0 aromatic heterocycles. The van der Waals surface area contributed by atoms with Crippen LogP contribution in [0.2, 0.25) is 0 Å². The molecule has 2 aromatic rings. The molecule has 0 aliphatic carbocycles. The second-order valence-electron chi connectivity index (χ2n) is 7.82. The van der Waals surface area contributed by atoms with Gasteiger partial charge in [0.05, 0.1) is 19.7 Å². The number of carbonyl (C=O) groups is 2. The van der Waals surface area contributed by atoms with Crippen LogP contribution in [0.4, 0.5) is 0 Å². The lowest BCUT2D eigenvalue weighted by Crippen LogP contribution is -2.41. The Bertz CT molecular complexity index is 874. The molecule has 1 aliphatic heterocycles. The minimum Gasteiger partial charge on any atom is -0.497 e. The van der Waals surface area contributed by atoms with Gasteiger partial charge in [-0.25, -0.2) is 0 Å². The van der Waals surface area contributed by atoms with E-state index in [-0.39, 0.29) is 24.4 Å². The molecule has 1 saturated heterocycles. The Hall–Kier alpha value is -2.86. The van der Waals surface area contributed by atoms with Gasteiger partial charge in [-0.1, -0.05) is 18.2 Å². The summed E-state index contributed by atoms with van der Waals surface area (Å²) in [4.78, 5) is 27.1. The first kappa shape index (κ1) is 21.8. The predicted molar refractivity (Wildman–Crippen MR) is 118 cm³/mol. The zero-order valence-corrected chi connectivity index (χ0v) is 18.0. The van der Waals surface area contributed by atoms with Crippen molar-refractivity contribution in [3.05, 3.63) is 64.7 Å². The first-order valence-electron chi connectivity index (χ1n) is 10.5. The largest absolute Gasteiger partial charge is 0.497 e. The van der Waals surface area contributed by atoms with Crippen LogP contribution < -0.4 is 15.4 Å². The number of carbonyl (C=O) groups excluding carboxylic acids is 2. The monoisotopic (exact) mass is 409 g/mol. The van der Waals surface area contributed by atoms with E-state index in [0.29, 0.717) is 12.1 Å². The van der Waals surface area contributed by atoms with Gasteiger partial charge in [0.25, 0.3) is 5.91 Å². The quantitative estimate of drug-likeness (QED) is 0.703. The van der Waals surface area contributed by atoms with Gasteiger partial charge in [0.15, 0.2) is 0 Å². The van der Waals surface area contributed by atoms with Gasteiger partial charge in [0, 0.05) is 12.1 Å². The molecule has 1 unspecified atom stereocenters. The summed E-state index contributed by atoms with van der Waals surface area (Å²) in [6.45, 7) is 6.48. The molecule has 1 aliphatic rings. The first-order valence-corrected chi connectivity index (χ1v) is 10.5. The third kappa shape index (κ3) is 5.60. The van der Waals surface area contributed by atoms with E-state index >= 15 is 0 Å². The van der Waals surface area contributed by atoms with E-state index in [0.717, 1.165) is 35.5 Å². The van der Waals surface area contributed by atoms with E-state index in [9.17, 15) is 9.59 Å². The number of likely N-dealkylation sites (tertiary alicyclic amines) is 1. The van der Waals surface area contributed by atoms with Gasteiger partial charge < -0.3 is 15.4 Å². The van der Waals surface area contributed by atoms with Crippen molar-refractivity contribution in [2.24, 2.45) is 0 Å². The van der Waals surface area contributed by atoms with Gasteiger partial charge in [0.2, 0.25) is 5.91 Å². The third-order valence-corrected chi connectivity index (χ3v) is 5.75. The molecule has 3 rings (SSSR count).